The molecule has 27 heavy (non-hydrogen) atoms. The zero-order valence-electron chi connectivity index (χ0n) is 16.2. The predicted molar refractivity (Wildman–Crippen MR) is 119 cm³/mol. The van der Waals surface area contributed by atoms with Gasteiger partial charge in [0.2, 0.25) is 5.88 Å². The molecule has 0 saturated heterocycles. The highest BCUT2D eigenvalue weighted by Gasteiger charge is 2.45. The zero-order chi connectivity index (χ0) is 19.3. The molecule has 0 radical (unpaired) electrons. The van der Waals surface area contributed by atoms with Gasteiger partial charge in [0.15, 0.2) is 0 Å². The van der Waals surface area contributed by atoms with E-state index in [-0.39, 0.29) is 6.04 Å². The molecule has 2 nitrogen and oxygen atoms in total. The van der Waals surface area contributed by atoms with Crippen LogP contribution in [0.1, 0.15) is 13.8 Å². The Hall–Kier alpha value is -2.57. The maximum Gasteiger partial charge on any atom is 0.224 e. The number of nitrogens with zero attached hydrogens (tertiary/aromatic N) is 1. The van der Waals surface area contributed by atoms with E-state index in [0.29, 0.717) is 5.88 Å². The van der Waals surface area contributed by atoms with Crippen molar-refractivity contribution in [2.24, 2.45) is 0 Å². The molecule has 0 bridgehead atoms. The summed E-state index contributed by atoms with van der Waals surface area (Å²) in [6.45, 7) is 4.16. The summed E-state index contributed by atoms with van der Waals surface area (Å²) in [4.78, 5) is 1.92. The monoisotopic (exact) mass is 376 g/mol. The van der Waals surface area contributed by atoms with Gasteiger partial charge in [-0.2, -0.15) is 0 Å². The highest BCUT2D eigenvalue weighted by Crippen LogP contribution is 2.57. The van der Waals surface area contributed by atoms with E-state index in [1.54, 1.807) is 0 Å². The van der Waals surface area contributed by atoms with Gasteiger partial charge in [-0.05, 0) is 50.2 Å². The molecule has 1 N–H and O–H groups in total. The van der Waals surface area contributed by atoms with Crippen LogP contribution in [0.25, 0.3) is 0 Å². The summed E-state index contributed by atoms with van der Waals surface area (Å²) in [5.74, 6) is 2.40. The van der Waals surface area contributed by atoms with Crippen LogP contribution in [0.2, 0.25) is 0 Å². The summed E-state index contributed by atoms with van der Waals surface area (Å²) >= 11 is 0. The molecule has 3 aromatic carbocycles. The van der Waals surface area contributed by atoms with E-state index in [1.807, 2.05) is 30.1 Å². The van der Waals surface area contributed by atoms with Gasteiger partial charge < -0.3 is 10.0 Å². The quantitative estimate of drug-likeness (QED) is 0.499. The lowest BCUT2D eigenvalue weighted by Crippen LogP contribution is -2.32. The highest BCUT2D eigenvalue weighted by molar-refractivity contribution is 7.98. The number of hydrogen-bond donors (Lipinski definition) is 1. The SMILES string of the molecule is CC(C)N(C)/C(O)=C/[P+](c1ccccc1)(c1ccccc1)c1ccccc1. The van der Waals surface area contributed by atoms with Crippen molar-refractivity contribution in [3.8, 4) is 0 Å². The van der Waals surface area contributed by atoms with E-state index in [4.69, 9.17) is 0 Å². The van der Waals surface area contributed by atoms with Crippen molar-refractivity contribution in [1.82, 2.24) is 4.90 Å². The summed E-state index contributed by atoms with van der Waals surface area (Å²) in [7, 11) is -0.220. The molecule has 3 heteroatoms. The van der Waals surface area contributed by atoms with E-state index >= 15 is 0 Å². The van der Waals surface area contributed by atoms with Crippen molar-refractivity contribution in [1.29, 1.82) is 0 Å². The Labute approximate surface area is 163 Å². The lowest BCUT2D eigenvalue weighted by Gasteiger charge is -2.27. The minimum Gasteiger partial charge on any atom is -0.492 e. The maximum atomic E-state index is 11.0. The summed E-state index contributed by atoms with van der Waals surface area (Å²) < 4.78 is 0. The first-order chi connectivity index (χ1) is 13.1. The second-order valence-electron chi connectivity index (χ2n) is 6.92. The molecule has 0 saturated carbocycles. The van der Waals surface area contributed by atoms with Crippen molar-refractivity contribution in [3.05, 3.63) is 103 Å². The first-order valence-corrected chi connectivity index (χ1v) is 11.1. The van der Waals surface area contributed by atoms with Gasteiger partial charge in [-0.1, -0.05) is 54.6 Å². The van der Waals surface area contributed by atoms with Crippen LogP contribution in [0, 0.1) is 0 Å². The molecule has 0 unspecified atom stereocenters. The van der Waals surface area contributed by atoms with Gasteiger partial charge >= 0.3 is 0 Å². The van der Waals surface area contributed by atoms with Crippen molar-refractivity contribution in [3.63, 3.8) is 0 Å². The second-order valence-corrected chi connectivity index (χ2v) is 10.2. The number of rotatable bonds is 6. The van der Waals surface area contributed by atoms with Crippen molar-refractivity contribution in [2.45, 2.75) is 19.9 Å². The van der Waals surface area contributed by atoms with Gasteiger partial charge in [-0.25, -0.2) is 0 Å². The number of aliphatic hydroxyl groups excluding tert-OH is 1. The average molecular weight is 376 g/mol. The van der Waals surface area contributed by atoms with Crippen LogP contribution in [-0.2, 0) is 0 Å². The molecule has 0 fully saturated rings. The van der Waals surface area contributed by atoms with Gasteiger partial charge in [0.25, 0.3) is 0 Å². The van der Waals surface area contributed by atoms with Crippen LogP contribution in [0.4, 0.5) is 0 Å². The molecule has 0 spiro atoms. The van der Waals surface area contributed by atoms with Crippen molar-refractivity contribution < 1.29 is 5.11 Å². The molecule has 3 aromatic rings. The van der Waals surface area contributed by atoms with E-state index in [2.05, 4.69) is 92.5 Å². The normalized spacial score (nSPS) is 12.2. The fraction of sp³-hybridized carbons (Fsp3) is 0.167. The van der Waals surface area contributed by atoms with E-state index < -0.39 is 7.26 Å². The van der Waals surface area contributed by atoms with E-state index in [1.165, 1.54) is 15.9 Å². The number of aliphatic hydroxyl groups is 1. The Kier molecular flexibility index (Phi) is 5.98. The molecule has 0 heterocycles. The van der Waals surface area contributed by atoms with Crippen LogP contribution in [0.5, 0.6) is 0 Å². The lowest BCUT2D eigenvalue weighted by molar-refractivity contribution is 0.201. The molecule has 0 amide bonds. The maximum absolute atomic E-state index is 11.0. The summed E-state index contributed by atoms with van der Waals surface area (Å²) in [5.41, 5.74) is 0. The molecule has 138 valence electrons. The smallest absolute Gasteiger partial charge is 0.224 e. The fourth-order valence-corrected chi connectivity index (χ4v) is 6.99. The van der Waals surface area contributed by atoms with E-state index in [9.17, 15) is 5.11 Å². The molecular formula is C24H27NOP+. The van der Waals surface area contributed by atoms with Gasteiger partial charge in [-0.3, -0.25) is 0 Å². The van der Waals surface area contributed by atoms with Gasteiger partial charge in [-0.15, -0.1) is 0 Å². The third-order valence-electron chi connectivity index (χ3n) is 4.94. The van der Waals surface area contributed by atoms with Crippen LogP contribution >= 0.6 is 7.26 Å². The molecule has 0 aliphatic heterocycles. The van der Waals surface area contributed by atoms with Gasteiger partial charge in [0.1, 0.15) is 29.0 Å². The highest BCUT2D eigenvalue weighted by atomic mass is 31.2. The lowest BCUT2D eigenvalue weighted by atomic mass is 10.3. The Bertz CT molecular complexity index is 779. The fourth-order valence-electron chi connectivity index (χ4n) is 3.19. The van der Waals surface area contributed by atoms with Crippen LogP contribution in [0.3, 0.4) is 0 Å². The molecule has 0 aliphatic carbocycles. The number of hydrogen-bond acceptors (Lipinski definition) is 2. The molecule has 0 aromatic heterocycles. The Morgan fingerprint density at radius 1 is 0.741 bits per heavy atom. The Balaban J connectivity index is 2.35. The topological polar surface area (TPSA) is 23.5 Å². The van der Waals surface area contributed by atoms with Gasteiger partial charge in [0, 0.05) is 13.1 Å². The molecule has 0 aliphatic rings. The predicted octanol–water partition coefficient (Wildman–Crippen LogP) is 4.68. The minimum absolute atomic E-state index is 0.213. The third-order valence-corrected chi connectivity index (χ3v) is 8.89. The first-order valence-electron chi connectivity index (χ1n) is 9.26. The largest absolute Gasteiger partial charge is 0.492 e. The van der Waals surface area contributed by atoms with Crippen LogP contribution in [0.15, 0.2) is 103 Å². The summed E-state index contributed by atoms with van der Waals surface area (Å²) in [6, 6.07) is 31.8. The standard InChI is InChI=1S/C24H26NOP/c1-20(2)25(3)24(26)19-27(21-13-7-4-8-14-21,22-15-9-5-10-16-22)23-17-11-6-12-18-23/h4-20H,1-3H3/p+1/b24-19-. The van der Waals surface area contributed by atoms with E-state index in [0.717, 1.165) is 0 Å². The Morgan fingerprint density at radius 2 is 1.07 bits per heavy atom. The van der Waals surface area contributed by atoms with Crippen molar-refractivity contribution in [2.75, 3.05) is 7.05 Å². The summed E-state index contributed by atoms with van der Waals surface area (Å²) in [5, 5.41) is 14.7. The van der Waals surface area contributed by atoms with Crippen LogP contribution in [-0.4, -0.2) is 23.1 Å². The minimum atomic E-state index is -2.16. The summed E-state index contributed by atoms with van der Waals surface area (Å²) in [6.07, 6.45) is 0. The molecule has 3 rings (SSSR count). The van der Waals surface area contributed by atoms with Crippen LogP contribution < -0.4 is 15.9 Å². The first kappa shape index (κ1) is 19.2. The molecular weight excluding hydrogens is 349 g/mol. The third kappa shape index (κ3) is 3.91. The van der Waals surface area contributed by atoms with Crippen molar-refractivity contribution >= 4 is 23.2 Å². The molecule has 0 atom stereocenters. The van der Waals surface area contributed by atoms with Gasteiger partial charge in [0.05, 0.1) is 0 Å². The number of benzene rings is 3. The zero-order valence-corrected chi connectivity index (χ0v) is 17.1. The average Bonchev–Trinajstić information content (AvgIpc) is 2.73. The second kappa shape index (κ2) is 8.41. The Morgan fingerprint density at radius 3 is 1.37 bits per heavy atom.